The summed E-state index contributed by atoms with van der Waals surface area (Å²) in [6.07, 6.45) is 3.92. The van der Waals surface area contributed by atoms with Crippen molar-refractivity contribution in [2.24, 2.45) is 5.41 Å². The number of nitrogens with zero attached hydrogens (tertiary/aromatic N) is 2. The van der Waals surface area contributed by atoms with Gasteiger partial charge >= 0.3 is 12.0 Å². The number of piperidine rings is 1. The molecule has 2 fully saturated rings. The molecule has 114 valence electrons. The molecule has 2 rings (SSSR count). The number of carbonyl (C=O) groups is 2. The SMILES string of the molecule is COCC[C@@]1(C(=O)O)CCCN(C(=O)N2CCCC2)C1. The quantitative estimate of drug-likeness (QED) is 0.847. The van der Waals surface area contributed by atoms with Crippen LogP contribution in [0.3, 0.4) is 0 Å². The molecule has 2 amide bonds. The number of carboxylic acid groups (broad SMARTS) is 1. The van der Waals surface area contributed by atoms with Gasteiger partial charge in [0.25, 0.3) is 0 Å². The molecule has 6 nitrogen and oxygen atoms in total. The molecule has 0 aromatic rings. The molecule has 1 atom stereocenters. The van der Waals surface area contributed by atoms with Gasteiger partial charge in [0.15, 0.2) is 0 Å². The van der Waals surface area contributed by atoms with E-state index in [1.165, 1.54) is 0 Å². The first kappa shape index (κ1) is 15.1. The number of urea groups is 1. The topological polar surface area (TPSA) is 70.1 Å². The van der Waals surface area contributed by atoms with Crippen LogP contribution in [0.1, 0.15) is 32.1 Å². The molecule has 1 N–H and O–H groups in total. The second-order valence-electron chi connectivity index (χ2n) is 5.83. The summed E-state index contributed by atoms with van der Waals surface area (Å²) in [5, 5.41) is 9.57. The molecule has 2 heterocycles. The van der Waals surface area contributed by atoms with Crippen molar-refractivity contribution in [3.8, 4) is 0 Å². The standard InChI is InChI=1S/C14H24N2O4/c1-20-10-6-14(12(17)18)5-4-9-16(11-14)13(19)15-7-2-3-8-15/h2-11H2,1H3,(H,17,18)/t14-/m0/s1. The van der Waals surface area contributed by atoms with Crippen molar-refractivity contribution in [3.05, 3.63) is 0 Å². The molecule has 0 spiro atoms. The highest BCUT2D eigenvalue weighted by molar-refractivity contribution is 5.79. The van der Waals surface area contributed by atoms with Gasteiger partial charge in [-0.3, -0.25) is 4.79 Å². The van der Waals surface area contributed by atoms with E-state index >= 15 is 0 Å². The number of rotatable bonds is 4. The Morgan fingerprint density at radius 3 is 2.40 bits per heavy atom. The molecule has 6 heteroatoms. The summed E-state index contributed by atoms with van der Waals surface area (Å²) >= 11 is 0. The normalized spacial score (nSPS) is 26.9. The summed E-state index contributed by atoms with van der Waals surface area (Å²) in [6.45, 7) is 2.98. The van der Waals surface area contributed by atoms with Gasteiger partial charge in [-0.05, 0) is 32.1 Å². The van der Waals surface area contributed by atoms with E-state index in [1.54, 1.807) is 12.0 Å². The number of likely N-dealkylation sites (tertiary alicyclic amines) is 2. The van der Waals surface area contributed by atoms with Crippen LogP contribution in [0.4, 0.5) is 4.79 Å². The van der Waals surface area contributed by atoms with Gasteiger partial charge in [-0.2, -0.15) is 0 Å². The molecule has 0 aromatic heterocycles. The van der Waals surface area contributed by atoms with E-state index in [1.807, 2.05) is 4.90 Å². The van der Waals surface area contributed by atoms with Crippen molar-refractivity contribution >= 4 is 12.0 Å². The second kappa shape index (κ2) is 6.43. The van der Waals surface area contributed by atoms with Gasteiger partial charge < -0.3 is 19.6 Å². The van der Waals surface area contributed by atoms with Gasteiger partial charge in [-0.15, -0.1) is 0 Å². The summed E-state index contributed by atoms with van der Waals surface area (Å²) in [4.78, 5) is 27.6. The maximum absolute atomic E-state index is 12.4. The summed E-state index contributed by atoms with van der Waals surface area (Å²) < 4.78 is 5.04. The van der Waals surface area contributed by atoms with E-state index < -0.39 is 11.4 Å². The summed E-state index contributed by atoms with van der Waals surface area (Å²) in [5.74, 6) is -0.812. The van der Waals surface area contributed by atoms with Gasteiger partial charge in [0.2, 0.25) is 0 Å². The molecular formula is C14H24N2O4. The minimum absolute atomic E-state index is 0.00485. The maximum atomic E-state index is 12.4. The maximum Gasteiger partial charge on any atom is 0.320 e. The Morgan fingerprint density at radius 1 is 1.15 bits per heavy atom. The molecule has 2 aliphatic rings. The molecule has 0 unspecified atom stereocenters. The van der Waals surface area contributed by atoms with Crippen molar-refractivity contribution in [3.63, 3.8) is 0 Å². The lowest BCUT2D eigenvalue weighted by atomic mass is 9.77. The van der Waals surface area contributed by atoms with E-state index in [2.05, 4.69) is 0 Å². The number of ether oxygens (including phenoxy) is 1. The Bertz CT molecular complexity index is 368. The molecule has 0 bridgehead atoms. The van der Waals surface area contributed by atoms with Crippen LogP contribution in [-0.2, 0) is 9.53 Å². The van der Waals surface area contributed by atoms with Crippen molar-refractivity contribution in [1.29, 1.82) is 0 Å². The van der Waals surface area contributed by atoms with Gasteiger partial charge in [0, 0.05) is 39.9 Å². The monoisotopic (exact) mass is 284 g/mol. The third-order valence-corrected chi connectivity index (χ3v) is 4.46. The molecular weight excluding hydrogens is 260 g/mol. The van der Waals surface area contributed by atoms with Gasteiger partial charge in [-0.25, -0.2) is 4.79 Å². The Kier molecular flexibility index (Phi) is 4.86. The number of aliphatic carboxylic acids is 1. The summed E-state index contributed by atoms with van der Waals surface area (Å²) in [5.41, 5.74) is -0.844. The molecule has 0 aliphatic carbocycles. The van der Waals surface area contributed by atoms with E-state index in [4.69, 9.17) is 4.74 Å². The fourth-order valence-corrected chi connectivity index (χ4v) is 3.19. The fourth-order valence-electron chi connectivity index (χ4n) is 3.19. The van der Waals surface area contributed by atoms with Gasteiger partial charge in [0.1, 0.15) is 0 Å². The predicted octanol–water partition coefficient (Wildman–Crippen LogP) is 1.41. The first-order chi connectivity index (χ1) is 9.59. The second-order valence-corrected chi connectivity index (χ2v) is 5.83. The van der Waals surface area contributed by atoms with Crippen molar-refractivity contribution < 1.29 is 19.4 Å². The zero-order valence-electron chi connectivity index (χ0n) is 12.1. The highest BCUT2D eigenvalue weighted by Gasteiger charge is 2.44. The van der Waals surface area contributed by atoms with Crippen LogP contribution in [0, 0.1) is 5.41 Å². The number of carbonyl (C=O) groups excluding carboxylic acids is 1. The van der Waals surface area contributed by atoms with Crippen molar-refractivity contribution in [2.45, 2.75) is 32.1 Å². The Labute approximate surface area is 119 Å². The lowest BCUT2D eigenvalue weighted by Gasteiger charge is -2.41. The third kappa shape index (κ3) is 3.06. The van der Waals surface area contributed by atoms with Crippen LogP contribution in [-0.4, -0.2) is 66.8 Å². The third-order valence-electron chi connectivity index (χ3n) is 4.46. The summed E-state index contributed by atoms with van der Waals surface area (Å²) in [6, 6.07) is 0.00485. The Balaban J connectivity index is 2.04. The molecule has 0 radical (unpaired) electrons. The van der Waals surface area contributed by atoms with Crippen molar-refractivity contribution in [2.75, 3.05) is 39.9 Å². The predicted molar refractivity (Wildman–Crippen MR) is 73.6 cm³/mol. The Hall–Kier alpha value is -1.30. The van der Waals surface area contributed by atoms with E-state index in [0.717, 1.165) is 32.4 Å². The van der Waals surface area contributed by atoms with Gasteiger partial charge in [0.05, 0.1) is 5.41 Å². The number of amides is 2. The fraction of sp³-hybridized carbons (Fsp3) is 0.857. The highest BCUT2D eigenvalue weighted by Crippen LogP contribution is 2.34. The zero-order valence-corrected chi connectivity index (χ0v) is 12.1. The highest BCUT2D eigenvalue weighted by atomic mass is 16.5. The van der Waals surface area contributed by atoms with Crippen molar-refractivity contribution in [1.82, 2.24) is 9.80 Å². The first-order valence-corrected chi connectivity index (χ1v) is 7.35. The number of methoxy groups -OCH3 is 1. The van der Waals surface area contributed by atoms with E-state index in [0.29, 0.717) is 32.5 Å². The number of hydrogen-bond acceptors (Lipinski definition) is 3. The molecule has 2 aliphatic heterocycles. The van der Waals surface area contributed by atoms with Crippen LogP contribution >= 0.6 is 0 Å². The summed E-state index contributed by atoms with van der Waals surface area (Å²) in [7, 11) is 1.57. The van der Waals surface area contributed by atoms with E-state index in [9.17, 15) is 14.7 Å². The lowest BCUT2D eigenvalue weighted by Crippen LogP contribution is -2.53. The lowest BCUT2D eigenvalue weighted by molar-refractivity contribution is -0.153. The average molecular weight is 284 g/mol. The average Bonchev–Trinajstić information content (AvgIpc) is 2.98. The van der Waals surface area contributed by atoms with Crippen LogP contribution in [0.2, 0.25) is 0 Å². The first-order valence-electron chi connectivity index (χ1n) is 7.35. The molecule has 0 saturated carbocycles. The zero-order chi connectivity index (χ0) is 14.6. The molecule has 2 saturated heterocycles. The Morgan fingerprint density at radius 2 is 1.80 bits per heavy atom. The van der Waals surface area contributed by atoms with Crippen LogP contribution in [0.5, 0.6) is 0 Å². The molecule has 0 aromatic carbocycles. The van der Waals surface area contributed by atoms with Gasteiger partial charge in [-0.1, -0.05) is 0 Å². The minimum atomic E-state index is -0.844. The largest absolute Gasteiger partial charge is 0.481 e. The minimum Gasteiger partial charge on any atom is -0.481 e. The number of hydrogen-bond donors (Lipinski definition) is 1. The van der Waals surface area contributed by atoms with Crippen LogP contribution in [0.25, 0.3) is 0 Å². The van der Waals surface area contributed by atoms with E-state index in [-0.39, 0.29) is 6.03 Å². The van der Waals surface area contributed by atoms with Crippen LogP contribution < -0.4 is 0 Å². The van der Waals surface area contributed by atoms with Crippen LogP contribution in [0.15, 0.2) is 0 Å². The number of carboxylic acids is 1. The smallest absolute Gasteiger partial charge is 0.320 e. The molecule has 20 heavy (non-hydrogen) atoms.